The zero-order valence-corrected chi connectivity index (χ0v) is 8.79. The molecule has 0 heterocycles. The first kappa shape index (κ1) is 9.53. The fourth-order valence-corrected chi connectivity index (χ4v) is 2.39. The van der Waals surface area contributed by atoms with Gasteiger partial charge in [0.15, 0.2) is 0 Å². The van der Waals surface area contributed by atoms with E-state index in [0.29, 0.717) is 5.92 Å². The van der Waals surface area contributed by atoms with Crippen LogP contribution in [0.2, 0.25) is 0 Å². The minimum Gasteiger partial charge on any atom is -0.496 e. The maximum absolute atomic E-state index is 5.96. The molecule has 1 aliphatic rings. The zero-order chi connectivity index (χ0) is 10.1. The normalized spacial score (nSPS) is 21.8. The van der Waals surface area contributed by atoms with Crippen LogP contribution < -0.4 is 10.5 Å². The van der Waals surface area contributed by atoms with Crippen LogP contribution in [0.4, 0.5) is 0 Å². The summed E-state index contributed by atoms with van der Waals surface area (Å²) in [4.78, 5) is 0. The van der Waals surface area contributed by atoms with Crippen molar-refractivity contribution in [1.82, 2.24) is 0 Å². The van der Waals surface area contributed by atoms with Gasteiger partial charge in [0.2, 0.25) is 0 Å². The third kappa shape index (κ3) is 1.40. The number of ether oxygens (including phenoxy) is 1. The first-order valence-electron chi connectivity index (χ1n) is 5.15. The molecule has 0 radical (unpaired) electrons. The summed E-state index contributed by atoms with van der Waals surface area (Å²) < 4.78 is 5.34. The van der Waals surface area contributed by atoms with Gasteiger partial charge in [0.1, 0.15) is 5.75 Å². The van der Waals surface area contributed by atoms with Gasteiger partial charge in [0.25, 0.3) is 0 Å². The van der Waals surface area contributed by atoms with Gasteiger partial charge in [-0.1, -0.05) is 12.1 Å². The lowest BCUT2D eigenvalue weighted by atomic mass is 9.95. The SMILES string of the molecule is COc1cccc2c1CCC2C(C)N. The molecule has 2 unspecified atom stereocenters. The molecule has 1 aliphatic carbocycles. The number of benzene rings is 1. The molecule has 2 atom stereocenters. The van der Waals surface area contributed by atoms with Gasteiger partial charge in [-0.05, 0) is 42.9 Å². The van der Waals surface area contributed by atoms with Gasteiger partial charge in [0.05, 0.1) is 7.11 Å². The van der Waals surface area contributed by atoms with E-state index in [4.69, 9.17) is 10.5 Å². The molecule has 1 aromatic carbocycles. The fourth-order valence-electron chi connectivity index (χ4n) is 2.39. The lowest BCUT2D eigenvalue weighted by Gasteiger charge is -2.16. The van der Waals surface area contributed by atoms with E-state index in [9.17, 15) is 0 Å². The Morgan fingerprint density at radius 3 is 2.93 bits per heavy atom. The fraction of sp³-hybridized carbons (Fsp3) is 0.500. The number of hydrogen-bond acceptors (Lipinski definition) is 2. The highest BCUT2D eigenvalue weighted by Gasteiger charge is 2.27. The Labute approximate surface area is 85.1 Å². The Morgan fingerprint density at radius 1 is 1.50 bits per heavy atom. The van der Waals surface area contributed by atoms with E-state index in [-0.39, 0.29) is 6.04 Å². The molecule has 0 aliphatic heterocycles. The average molecular weight is 191 g/mol. The Morgan fingerprint density at radius 2 is 2.29 bits per heavy atom. The number of nitrogens with two attached hydrogens (primary N) is 1. The molecule has 1 aromatic rings. The minimum absolute atomic E-state index is 0.239. The second-order valence-electron chi connectivity index (χ2n) is 4.03. The van der Waals surface area contributed by atoms with E-state index in [1.54, 1.807) is 7.11 Å². The highest BCUT2D eigenvalue weighted by molar-refractivity contribution is 5.45. The summed E-state index contributed by atoms with van der Waals surface area (Å²) >= 11 is 0. The van der Waals surface area contributed by atoms with Crippen molar-refractivity contribution < 1.29 is 4.74 Å². The molecule has 2 nitrogen and oxygen atoms in total. The van der Waals surface area contributed by atoms with Crippen LogP contribution in [0, 0.1) is 0 Å². The molecule has 2 rings (SSSR count). The van der Waals surface area contributed by atoms with Crippen LogP contribution in [0.1, 0.15) is 30.4 Å². The molecular formula is C12H17NO. The lowest BCUT2D eigenvalue weighted by Crippen LogP contribution is -2.22. The molecule has 0 bridgehead atoms. The van der Waals surface area contributed by atoms with Crippen LogP contribution in [0.5, 0.6) is 5.75 Å². The van der Waals surface area contributed by atoms with Crippen LogP contribution in [0.3, 0.4) is 0 Å². The maximum atomic E-state index is 5.96. The average Bonchev–Trinajstić information content (AvgIpc) is 2.60. The van der Waals surface area contributed by atoms with E-state index in [2.05, 4.69) is 19.1 Å². The summed E-state index contributed by atoms with van der Waals surface area (Å²) in [5.74, 6) is 1.53. The molecule has 2 N–H and O–H groups in total. The lowest BCUT2D eigenvalue weighted by molar-refractivity contribution is 0.410. The Kier molecular flexibility index (Phi) is 2.46. The molecule has 76 valence electrons. The minimum atomic E-state index is 0.239. The molecule has 0 aromatic heterocycles. The quantitative estimate of drug-likeness (QED) is 0.776. The van der Waals surface area contributed by atoms with Gasteiger partial charge in [0, 0.05) is 6.04 Å². The Hall–Kier alpha value is -1.02. The molecule has 0 fully saturated rings. The summed E-state index contributed by atoms with van der Waals surface area (Å²) in [6.07, 6.45) is 2.26. The highest BCUT2D eigenvalue weighted by atomic mass is 16.5. The van der Waals surface area contributed by atoms with Gasteiger partial charge in [-0.2, -0.15) is 0 Å². The standard InChI is InChI=1S/C12H17NO/c1-8(13)9-6-7-11-10(9)4-3-5-12(11)14-2/h3-5,8-9H,6-7,13H2,1-2H3. The third-order valence-corrected chi connectivity index (χ3v) is 3.13. The van der Waals surface area contributed by atoms with Crippen molar-refractivity contribution in [3.8, 4) is 5.75 Å². The van der Waals surface area contributed by atoms with Gasteiger partial charge in [-0.15, -0.1) is 0 Å². The predicted octanol–water partition coefficient (Wildman–Crippen LogP) is 2.07. The monoisotopic (exact) mass is 191 g/mol. The van der Waals surface area contributed by atoms with Crippen molar-refractivity contribution in [1.29, 1.82) is 0 Å². The van der Waals surface area contributed by atoms with Crippen LogP contribution in [0.15, 0.2) is 18.2 Å². The van der Waals surface area contributed by atoms with Gasteiger partial charge < -0.3 is 10.5 Å². The summed E-state index contributed by atoms with van der Waals surface area (Å²) in [5, 5.41) is 0. The maximum Gasteiger partial charge on any atom is 0.122 e. The number of hydrogen-bond donors (Lipinski definition) is 1. The molecule has 14 heavy (non-hydrogen) atoms. The zero-order valence-electron chi connectivity index (χ0n) is 8.79. The third-order valence-electron chi connectivity index (χ3n) is 3.13. The Bertz CT molecular complexity index is 333. The molecule has 0 amide bonds. The molecule has 0 saturated carbocycles. The van der Waals surface area contributed by atoms with Gasteiger partial charge in [-0.25, -0.2) is 0 Å². The van der Waals surface area contributed by atoms with Crippen molar-refractivity contribution in [3.05, 3.63) is 29.3 Å². The smallest absolute Gasteiger partial charge is 0.122 e. The highest BCUT2D eigenvalue weighted by Crippen LogP contribution is 2.39. The summed E-state index contributed by atoms with van der Waals surface area (Å²) in [6.45, 7) is 2.08. The topological polar surface area (TPSA) is 35.2 Å². The van der Waals surface area contributed by atoms with E-state index in [0.717, 1.165) is 18.6 Å². The van der Waals surface area contributed by atoms with Gasteiger partial charge in [-0.3, -0.25) is 0 Å². The van der Waals surface area contributed by atoms with Crippen LogP contribution in [-0.2, 0) is 6.42 Å². The second-order valence-corrected chi connectivity index (χ2v) is 4.03. The van der Waals surface area contributed by atoms with Crippen molar-refractivity contribution in [2.45, 2.75) is 31.7 Å². The van der Waals surface area contributed by atoms with E-state index in [1.807, 2.05) is 6.07 Å². The van der Waals surface area contributed by atoms with Crippen LogP contribution in [-0.4, -0.2) is 13.2 Å². The molecule has 0 saturated heterocycles. The van der Waals surface area contributed by atoms with Crippen molar-refractivity contribution in [2.24, 2.45) is 5.73 Å². The number of fused-ring (bicyclic) bond motifs is 1. The van der Waals surface area contributed by atoms with E-state index in [1.165, 1.54) is 11.1 Å². The summed E-state index contributed by atoms with van der Waals surface area (Å²) in [6, 6.07) is 6.50. The number of methoxy groups -OCH3 is 1. The Balaban J connectivity index is 2.41. The van der Waals surface area contributed by atoms with E-state index < -0.39 is 0 Å². The largest absolute Gasteiger partial charge is 0.496 e. The summed E-state index contributed by atoms with van der Waals surface area (Å²) in [5.41, 5.74) is 8.71. The van der Waals surface area contributed by atoms with Crippen LogP contribution in [0.25, 0.3) is 0 Å². The van der Waals surface area contributed by atoms with Crippen molar-refractivity contribution in [3.63, 3.8) is 0 Å². The number of rotatable bonds is 2. The van der Waals surface area contributed by atoms with Crippen molar-refractivity contribution in [2.75, 3.05) is 7.11 Å². The predicted molar refractivity (Wildman–Crippen MR) is 57.7 cm³/mol. The molecule has 0 spiro atoms. The van der Waals surface area contributed by atoms with E-state index >= 15 is 0 Å². The second kappa shape index (κ2) is 3.62. The first-order valence-corrected chi connectivity index (χ1v) is 5.15. The molecular weight excluding hydrogens is 174 g/mol. The van der Waals surface area contributed by atoms with Crippen molar-refractivity contribution >= 4 is 0 Å². The van der Waals surface area contributed by atoms with Crippen LogP contribution >= 0.6 is 0 Å². The first-order chi connectivity index (χ1) is 6.74. The van der Waals surface area contributed by atoms with Gasteiger partial charge >= 0.3 is 0 Å². The summed E-state index contributed by atoms with van der Waals surface area (Å²) in [7, 11) is 1.73. The molecule has 2 heteroatoms.